The minimum Gasteiger partial charge on any atom is -0.296 e. The highest BCUT2D eigenvalue weighted by Crippen LogP contribution is 1.94. The zero-order chi connectivity index (χ0) is 8.81. The van der Waals surface area contributed by atoms with Crippen LogP contribution in [0.25, 0.3) is 0 Å². The molecule has 0 bridgehead atoms. The summed E-state index contributed by atoms with van der Waals surface area (Å²) in [6.45, 7) is 0. The second kappa shape index (κ2) is 4.58. The van der Waals surface area contributed by atoms with Gasteiger partial charge in [0.2, 0.25) is 0 Å². The number of aromatic nitrogens is 1. The Bertz CT molecular complexity index is 338. The average molecular weight is 177 g/mol. The zero-order valence-electron chi connectivity index (χ0n) is 6.32. The normalized spacial score (nSPS) is 8.42. The molecule has 0 saturated carbocycles. The summed E-state index contributed by atoms with van der Waals surface area (Å²) in [7, 11) is 0. The molecule has 0 aliphatic carbocycles. The van der Waals surface area contributed by atoms with Gasteiger partial charge in [-0.15, -0.1) is 0 Å². The van der Waals surface area contributed by atoms with Crippen LogP contribution in [0, 0.1) is 11.8 Å². The smallest absolute Gasteiger partial charge is 0.168 e. The summed E-state index contributed by atoms with van der Waals surface area (Å²) >= 11 is 3.93. The Kier molecular flexibility index (Phi) is 3.36. The molecule has 3 heteroatoms. The van der Waals surface area contributed by atoms with E-state index in [2.05, 4.69) is 29.5 Å². The second-order valence-electron chi connectivity index (χ2n) is 2.03. The molecule has 12 heavy (non-hydrogen) atoms. The van der Waals surface area contributed by atoms with Gasteiger partial charge in [0.25, 0.3) is 0 Å². The monoisotopic (exact) mass is 177 g/mol. The predicted molar refractivity (Wildman–Crippen MR) is 50.4 cm³/mol. The Morgan fingerprint density at radius 2 is 2.42 bits per heavy atom. The van der Waals surface area contributed by atoms with E-state index in [0.717, 1.165) is 0 Å². The van der Waals surface area contributed by atoms with Gasteiger partial charge in [-0.2, -0.15) is 12.6 Å². The van der Waals surface area contributed by atoms with E-state index < -0.39 is 0 Å². The molecule has 1 aromatic rings. The van der Waals surface area contributed by atoms with Crippen molar-refractivity contribution in [1.82, 2.24) is 4.98 Å². The van der Waals surface area contributed by atoms with E-state index in [4.69, 9.17) is 0 Å². The Balaban J connectivity index is 2.93. The molecule has 0 atom stereocenters. The maximum Gasteiger partial charge on any atom is 0.168 e. The fourth-order valence-electron chi connectivity index (χ4n) is 0.717. The first-order valence-electron chi connectivity index (χ1n) is 3.39. The lowest BCUT2D eigenvalue weighted by atomic mass is 10.3. The quantitative estimate of drug-likeness (QED) is 0.396. The van der Waals surface area contributed by atoms with Crippen LogP contribution in [0.3, 0.4) is 0 Å². The molecule has 0 radical (unpaired) electrons. The predicted octanol–water partition coefficient (Wildman–Crippen LogP) is 1.18. The van der Waals surface area contributed by atoms with Gasteiger partial charge < -0.3 is 0 Å². The first-order chi connectivity index (χ1) is 5.86. The minimum atomic E-state index is 0.404. The summed E-state index contributed by atoms with van der Waals surface area (Å²) in [6, 6.07) is 5.14. The van der Waals surface area contributed by atoms with Crippen LogP contribution < -0.4 is 0 Å². The summed E-state index contributed by atoms with van der Waals surface area (Å²) in [6.07, 6.45) is 0.700. The van der Waals surface area contributed by atoms with Crippen molar-refractivity contribution in [3.8, 4) is 11.8 Å². The lowest BCUT2D eigenvalue weighted by molar-refractivity contribution is 0.111. The maximum absolute atomic E-state index is 10.3. The first kappa shape index (κ1) is 8.82. The third kappa shape index (κ3) is 2.40. The highest BCUT2D eigenvalue weighted by Gasteiger charge is 1.91. The molecule has 0 unspecified atom stereocenters. The summed E-state index contributed by atoms with van der Waals surface area (Å²) in [5.74, 6) is 6.02. The van der Waals surface area contributed by atoms with Crippen molar-refractivity contribution >= 4 is 18.9 Å². The van der Waals surface area contributed by atoms with Gasteiger partial charge in [0, 0.05) is 0 Å². The van der Waals surface area contributed by atoms with E-state index in [1.165, 1.54) is 0 Å². The second-order valence-corrected chi connectivity index (χ2v) is 2.34. The standard InChI is InChI=1S/C9H7NOS/c11-7-9-4-1-3-8(10-9)5-2-6-12/h1,3-4,7,12H,6H2. The van der Waals surface area contributed by atoms with Gasteiger partial charge in [0.05, 0.1) is 5.75 Å². The maximum atomic E-state index is 10.3. The van der Waals surface area contributed by atoms with Gasteiger partial charge in [-0.1, -0.05) is 12.0 Å². The molecular formula is C9H7NOS. The van der Waals surface area contributed by atoms with Gasteiger partial charge in [-0.3, -0.25) is 4.79 Å². The Morgan fingerprint density at radius 1 is 1.58 bits per heavy atom. The lowest BCUT2D eigenvalue weighted by Gasteiger charge is -1.89. The number of rotatable bonds is 1. The molecule has 0 fully saturated rings. The van der Waals surface area contributed by atoms with Crippen LogP contribution in [0.4, 0.5) is 0 Å². The van der Waals surface area contributed by atoms with E-state index >= 15 is 0 Å². The number of pyridine rings is 1. The van der Waals surface area contributed by atoms with Crippen LogP contribution in [-0.2, 0) is 0 Å². The average Bonchev–Trinajstić information content (AvgIpc) is 2.15. The van der Waals surface area contributed by atoms with Crippen molar-refractivity contribution in [3.63, 3.8) is 0 Å². The van der Waals surface area contributed by atoms with Crippen LogP contribution in [0.15, 0.2) is 18.2 Å². The van der Waals surface area contributed by atoms with Crippen molar-refractivity contribution in [3.05, 3.63) is 29.6 Å². The number of carbonyl (C=O) groups is 1. The van der Waals surface area contributed by atoms with Crippen molar-refractivity contribution in [2.24, 2.45) is 0 Å². The number of carbonyl (C=O) groups excluding carboxylic acids is 1. The minimum absolute atomic E-state index is 0.404. The fraction of sp³-hybridized carbons (Fsp3) is 0.111. The van der Waals surface area contributed by atoms with E-state index in [1.54, 1.807) is 18.2 Å². The van der Waals surface area contributed by atoms with E-state index in [1.807, 2.05) is 0 Å². The molecule has 0 spiro atoms. The molecule has 0 aromatic carbocycles. The molecule has 1 aromatic heterocycles. The van der Waals surface area contributed by atoms with Crippen molar-refractivity contribution in [2.75, 3.05) is 5.75 Å². The van der Waals surface area contributed by atoms with Crippen molar-refractivity contribution in [1.29, 1.82) is 0 Å². The molecule has 0 N–H and O–H groups in total. The number of aldehydes is 1. The number of thiol groups is 1. The van der Waals surface area contributed by atoms with Crippen LogP contribution in [0.1, 0.15) is 16.2 Å². The number of hydrogen-bond acceptors (Lipinski definition) is 3. The van der Waals surface area contributed by atoms with Crippen LogP contribution in [-0.4, -0.2) is 17.0 Å². The van der Waals surface area contributed by atoms with Gasteiger partial charge in [0.1, 0.15) is 11.4 Å². The molecule has 0 aliphatic heterocycles. The first-order valence-corrected chi connectivity index (χ1v) is 4.02. The van der Waals surface area contributed by atoms with Gasteiger partial charge in [-0.25, -0.2) is 4.98 Å². The molecule has 0 aliphatic rings. The van der Waals surface area contributed by atoms with E-state index in [9.17, 15) is 4.79 Å². The Hall–Kier alpha value is -1.27. The van der Waals surface area contributed by atoms with Gasteiger partial charge >= 0.3 is 0 Å². The number of hydrogen-bond donors (Lipinski definition) is 1. The van der Waals surface area contributed by atoms with Crippen molar-refractivity contribution < 1.29 is 4.79 Å². The molecule has 0 amide bonds. The summed E-state index contributed by atoms with van der Waals surface area (Å²) in [5, 5.41) is 0. The largest absolute Gasteiger partial charge is 0.296 e. The topological polar surface area (TPSA) is 30.0 Å². The highest BCUT2D eigenvalue weighted by molar-refractivity contribution is 7.80. The SMILES string of the molecule is O=Cc1cccc(C#CCS)n1. The van der Waals surface area contributed by atoms with Crippen LogP contribution in [0.2, 0.25) is 0 Å². The van der Waals surface area contributed by atoms with E-state index in [-0.39, 0.29) is 0 Å². The van der Waals surface area contributed by atoms with Gasteiger partial charge in [0.15, 0.2) is 6.29 Å². The molecule has 60 valence electrons. The Labute approximate surface area is 76.4 Å². The molecule has 2 nitrogen and oxygen atoms in total. The van der Waals surface area contributed by atoms with Crippen molar-refractivity contribution in [2.45, 2.75) is 0 Å². The zero-order valence-corrected chi connectivity index (χ0v) is 7.21. The lowest BCUT2D eigenvalue weighted by Crippen LogP contribution is -1.88. The summed E-state index contributed by atoms with van der Waals surface area (Å²) in [4.78, 5) is 14.3. The number of nitrogens with zero attached hydrogens (tertiary/aromatic N) is 1. The summed E-state index contributed by atoms with van der Waals surface area (Å²) < 4.78 is 0. The fourth-order valence-corrected chi connectivity index (χ4v) is 0.796. The molecule has 0 saturated heterocycles. The van der Waals surface area contributed by atoms with Crippen LogP contribution >= 0.6 is 12.6 Å². The van der Waals surface area contributed by atoms with Gasteiger partial charge in [-0.05, 0) is 18.1 Å². The third-order valence-corrected chi connectivity index (χ3v) is 1.35. The highest BCUT2D eigenvalue weighted by atomic mass is 32.1. The molecular weight excluding hydrogens is 170 g/mol. The van der Waals surface area contributed by atoms with E-state index in [0.29, 0.717) is 23.4 Å². The molecule has 1 rings (SSSR count). The molecule has 1 heterocycles. The summed E-state index contributed by atoms with van der Waals surface area (Å²) in [5.41, 5.74) is 1.01. The Morgan fingerprint density at radius 3 is 3.08 bits per heavy atom. The third-order valence-electron chi connectivity index (χ3n) is 1.19. The van der Waals surface area contributed by atoms with Crippen LogP contribution in [0.5, 0.6) is 0 Å².